The fraction of sp³-hybridized carbons (Fsp3) is 0.167. The quantitative estimate of drug-likeness (QED) is 0.500. The standard InChI is InChI=1S/C24H25N3O5S/c1-18(28)25-20-9-6-10-21(15-20)26-24(29)17-32-23-13-11-22(12-14-23)27(33(2,30)31)16-19-7-4-3-5-8-19/h3-15H,16-17H2,1-2H3,(H,25,28)(H,26,29). The third-order valence-electron chi connectivity index (χ3n) is 4.53. The van der Waals surface area contributed by atoms with Crippen LogP contribution in [0.2, 0.25) is 0 Å². The molecule has 0 spiro atoms. The number of nitrogens with zero attached hydrogens (tertiary/aromatic N) is 1. The van der Waals surface area contributed by atoms with Crippen LogP contribution in [-0.2, 0) is 26.2 Å². The molecule has 0 aliphatic carbocycles. The lowest BCUT2D eigenvalue weighted by atomic mass is 10.2. The smallest absolute Gasteiger partial charge is 0.262 e. The van der Waals surface area contributed by atoms with Crippen molar-refractivity contribution in [3.05, 3.63) is 84.4 Å². The third kappa shape index (κ3) is 7.36. The van der Waals surface area contributed by atoms with E-state index in [2.05, 4.69) is 10.6 Å². The molecule has 0 saturated heterocycles. The minimum Gasteiger partial charge on any atom is -0.484 e. The van der Waals surface area contributed by atoms with Gasteiger partial charge in [0.2, 0.25) is 15.9 Å². The van der Waals surface area contributed by atoms with E-state index >= 15 is 0 Å². The molecule has 2 N–H and O–H groups in total. The van der Waals surface area contributed by atoms with Crippen LogP contribution >= 0.6 is 0 Å². The highest BCUT2D eigenvalue weighted by Crippen LogP contribution is 2.24. The van der Waals surface area contributed by atoms with Gasteiger partial charge in [0.05, 0.1) is 18.5 Å². The van der Waals surface area contributed by atoms with Crippen molar-refractivity contribution in [2.45, 2.75) is 13.5 Å². The number of benzene rings is 3. The SMILES string of the molecule is CC(=O)Nc1cccc(NC(=O)COc2ccc(N(Cc3ccccc3)S(C)(=O)=O)cc2)c1. The van der Waals surface area contributed by atoms with Gasteiger partial charge in [0.25, 0.3) is 5.91 Å². The van der Waals surface area contributed by atoms with E-state index in [1.165, 1.54) is 11.2 Å². The zero-order chi connectivity index (χ0) is 23.8. The Morgan fingerprint density at radius 1 is 0.879 bits per heavy atom. The van der Waals surface area contributed by atoms with Crippen LogP contribution in [0, 0.1) is 0 Å². The van der Waals surface area contributed by atoms with E-state index in [-0.39, 0.29) is 25.0 Å². The van der Waals surface area contributed by atoms with Crippen LogP contribution in [0.25, 0.3) is 0 Å². The summed E-state index contributed by atoms with van der Waals surface area (Å²) in [5, 5.41) is 5.35. The second-order valence-electron chi connectivity index (χ2n) is 7.35. The normalized spacial score (nSPS) is 10.8. The van der Waals surface area contributed by atoms with E-state index in [9.17, 15) is 18.0 Å². The van der Waals surface area contributed by atoms with E-state index in [1.807, 2.05) is 30.3 Å². The Labute approximate surface area is 193 Å². The molecule has 0 saturated carbocycles. The molecule has 0 aromatic heterocycles. The molecule has 0 aliphatic rings. The first kappa shape index (κ1) is 23.8. The summed E-state index contributed by atoms with van der Waals surface area (Å²) in [5.41, 5.74) is 2.45. The van der Waals surface area contributed by atoms with Crippen molar-refractivity contribution >= 4 is 38.9 Å². The van der Waals surface area contributed by atoms with Crippen LogP contribution in [0.3, 0.4) is 0 Å². The van der Waals surface area contributed by atoms with Gasteiger partial charge in [0.15, 0.2) is 6.61 Å². The van der Waals surface area contributed by atoms with Crippen molar-refractivity contribution in [1.29, 1.82) is 0 Å². The number of carbonyl (C=O) groups excluding carboxylic acids is 2. The van der Waals surface area contributed by atoms with Gasteiger partial charge in [-0.25, -0.2) is 8.42 Å². The minimum atomic E-state index is -3.50. The Bertz CT molecular complexity index is 1210. The number of hydrogen-bond donors (Lipinski definition) is 2. The van der Waals surface area contributed by atoms with Crippen LogP contribution in [0.5, 0.6) is 5.75 Å². The molecule has 0 bridgehead atoms. The van der Waals surface area contributed by atoms with Crippen molar-refractivity contribution in [2.75, 3.05) is 27.8 Å². The second kappa shape index (κ2) is 10.6. The summed E-state index contributed by atoms with van der Waals surface area (Å²) in [7, 11) is -3.50. The Morgan fingerprint density at radius 3 is 2.12 bits per heavy atom. The zero-order valence-corrected chi connectivity index (χ0v) is 19.1. The van der Waals surface area contributed by atoms with Gasteiger partial charge in [-0.1, -0.05) is 36.4 Å². The molecular weight excluding hydrogens is 442 g/mol. The summed E-state index contributed by atoms with van der Waals surface area (Å²) < 4.78 is 31.5. The number of anilines is 3. The van der Waals surface area contributed by atoms with E-state index in [4.69, 9.17) is 4.74 Å². The van der Waals surface area contributed by atoms with Gasteiger partial charge in [0, 0.05) is 18.3 Å². The Hall–Kier alpha value is -3.85. The number of ether oxygens (including phenoxy) is 1. The molecule has 0 fully saturated rings. The predicted octanol–water partition coefficient (Wildman–Crippen LogP) is 3.63. The summed E-state index contributed by atoms with van der Waals surface area (Å²) in [6.45, 7) is 1.38. The van der Waals surface area contributed by atoms with Gasteiger partial charge < -0.3 is 15.4 Å². The molecule has 0 unspecified atom stereocenters. The summed E-state index contributed by atoms with van der Waals surface area (Å²) in [5.74, 6) is -0.154. The van der Waals surface area contributed by atoms with Crippen LogP contribution in [0.4, 0.5) is 17.1 Å². The maximum Gasteiger partial charge on any atom is 0.262 e. The van der Waals surface area contributed by atoms with Crippen molar-refractivity contribution in [3.63, 3.8) is 0 Å². The Morgan fingerprint density at radius 2 is 1.52 bits per heavy atom. The molecule has 3 aromatic carbocycles. The van der Waals surface area contributed by atoms with Crippen molar-refractivity contribution in [2.24, 2.45) is 0 Å². The van der Waals surface area contributed by atoms with Gasteiger partial charge in [0.1, 0.15) is 5.75 Å². The first-order valence-corrected chi connectivity index (χ1v) is 12.0. The molecule has 172 valence electrons. The summed E-state index contributed by atoms with van der Waals surface area (Å²) in [6.07, 6.45) is 1.16. The van der Waals surface area contributed by atoms with Gasteiger partial charge in [-0.15, -0.1) is 0 Å². The molecular formula is C24H25N3O5S. The number of hydrogen-bond acceptors (Lipinski definition) is 5. The Balaban J connectivity index is 1.60. The van der Waals surface area contributed by atoms with Crippen molar-refractivity contribution < 1.29 is 22.7 Å². The molecule has 0 atom stereocenters. The van der Waals surface area contributed by atoms with Crippen molar-refractivity contribution in [1.82, 2.24) is 0 Å². The zero-order valence-electron chi connectivity index (χ0n) is 18.3. The van der Waals surface area contributed by atoms with E-state index in [0.29, 0.717) is 22.8 Å². The van der Waals surface area contributed by atoms with Crippen LogP contribution in [0.1, 0.15) is 12.5 Å². The first-order chi connectivity index (χ1) is 15.7. The second-order valence-corrected chi connectivity index (χ2v) is 9.25. The lowest BCUT2D eigenvalue weighted by molar-refractivity contribution is -0.118. The number of carbonyl (C=O) groups is 2. The largest absolute Gasteiger partial charge is 0.484 e. The highest BCUT2D eigenvalue weighted by molar-refractivity contribution is 7.92. The third-order valence-corrected chi connectivity index (χ3v) is 5.67. The lowest BCUT2D eigenvalue weighted by Crippen LogP contribution is -2.29. The summed E-state index contributed by atoms with van der Waals surface area (Å²) in [6, 6.07) is 22.6. The van der Waals surface area contributed by atoms with Crippen LogP contribution < -0.4 is 19.7 Å². The molecule has 0 aliphatic heterocycles. The number of sulfonamides is 1. The van der Waals surface area contributed by atoms with Gasteiger partial charge in [-0.3, -0.25) is 13.9 Å². The fourth-order valence-corrected chi connectivity index (χ4v) is 3.97. The summed E-state index contributed by atoms with van der Waals surface area (Å²) >= 11 is 0. The minimum absolute atomic E-state index is 0.205. The molecule has 2 amide bonds. The predicted molar refractivity (Wildman–Crippen MR) is 129 cm³/mol. The Kier molecular flexibility index (Phi) is 7.68. The molecule has 3 rings (SSSR count). The van der Waals surface area contributed by atoms with E-state index in [0.717, 1.165) is 11.8 Å². The van der Waals surface area contributed by atoms with E-state index in [1.54, 1.807) is 48.5 Å². The van der Waals surface area contributed by atoms with Gasteiger partial charge in [-0.2, -0.15) is 0 Å². The highest BCUT2D eigenvalue weighted by Gasteiger charge is 2.18. The molecule has 3 aromatic rings. The van der Waals surface area contributed by atoms with Gasteiger partial charge >= 0.3 is 0 Å². The topological polar surface area (TPSA) is 105 Å². The maximum atomic E-state index is 12.3. The number of nitrogens with one attached hydrogen (secondary N) is 2. The molecule has 33 heavy (non-hydrogen) atoms. The maximum absolute atomic E-state index is 12.3. The van der Waals surface area contributed by atoms with Gasteiger partial charge in [-0.05, 0) is 48.0 Å². The molecule has 8 nitrogen and oxygen atoms in total. The monoisotopic (exact) mass is 467 g/mol. The van der Waals surface area contributed by atoms with Crippen LogP contribution in [0.15, 0.2) is 78.9 Å². The summed E-state index contributed by atoms with van der Waals surface area (Å²) in [4.78, 5) is 23.4. The van der Waals surface area contributed by atoms with Crippen molar-refractivity contribution in [3.8, 4) is 5.75 Å². The average Bonchev–Trinajstić information content (AvgIpc) is 2.76. The average molecular weight is 468 g/mol. The highest BCUT2D eigenvalue weighted by atomic mass is 32.2. The molecule has 9 heteroatoms. The molecule has 0 radical (unpaired) electrons. The lowest BCUT2D eigenvalue weighted by Gasteiger charge is -2.22. The van der Waals surface area contributed by atoms with Crippen LogP contribution in [-0.4, -0.2) is 33.1 Å². The fourth-order valence-electron chi connectivity index (χ4n) is 3.08. The molecule has 0 heterocycles. The van der Waals surface area contributed by atoms with E-state index < -0.39 is 10.0 Å². The first-order valence-electron chi connectivity index (χ1n) is 10.1. The number of amides is 2. The number of rotatable bonds is 9.